The first-order valence-corrected chi connectivity index (χ1v) is 16.7. The van der Waals surface area contributed by atoms with Gasteiger partial charge in [0.2, 0.25) is 12.2 Å². The molecular weight excluding hydrogens is 686 g/mol. The molecule has 252 valence electrons. The lowest BCUT2D eigenvalue weighted by Gasteiger charge is -2.43. The molecule has 3 aromatic rings. The first-order valence-electron chi connectivity index (χ1n) is 15.8. The molecule has 5 rings (SSSR count). The van der Waals surface area contributed by atoms with Gasteiger partial charge in [-0.15, -0.1) is 0 Å². The minimum atomic E-state index is -1.48. The van der Waals surface area contributed by atoms with Crippen LogP contribution in [0.4, 0.5) is 4.79 Å². The van der Waals surface area contributed by atoms with Gasteiger partial charge in [0.15, 0.2) is 12.2 Å². The molecule has 0 unspecified atom stereocenters. The summed E-state index contributed by atoms with van der Waals surface area (Å²) >= 11 is 3.50. The largest absolute Gasteiger partial charge is 0.459 e. The van der Waals surface area contributed by atoms with Crippen LogP contribution in [0.2, 0.25) is 0 Å². The molecule has 0 bridgehead atoms. The second kappa shape index (κ2) is 16.0. The number of hydrogen-bond donors (Lipinski definition) is 0. The third kappa shape index (κ3) is 7.77. The van der Waals surface area contributed by atoms with E-state index in [9.17, 15) is 24.0 Å². The summed E-state index contributed by atoms with van der Waals surface area (Å²) in [6.07, 6.45) is -4.48. The summed E-state index contributed by atoms with van der Waals surface area (Å²) in [5.74, 6) is -3.00. The number of benzene rings is 3. The van der Waals surface area contributed by atoms with Gasteiger partial charge in [-0.3, -0.25) is 4.79 Å². The molecule has 0 saturated carbocycles. The number of esters is 3. The Labute approximate surface area is 286 Å². The summed E-state index contributed by atoms with van der Waals surface area (Å²) in [4.78, 5) is 67.5. The van der Waals surface area contributed by atoms with Crippen molar-refractivity contribution in [1.82, 2.24) is 4.90 Å². The van der Waals surface area contributed by atoms with Crippen LogP contribution in [0.25, 0.3) is 0 Å². The van der Waals surface area contributed by atoms with E-state index in [1.165, 1.54) is 24.3 Å². The number of nitrogens with zero attached hydrogens (tertiary/aromatic N) is 1. The molecule has 2 fully saturated rings. The molecule has 2 aliphatic heterocycles. The van der Waals surface area contributed by atoms with Crippen molar-refractivity contribution in [1.29, 1.82) is 0 Å². The fourth-order valence-corrected chi connectivity index (χ4v) is 6.65. The van der Waals surface area contributed by atoms with Crippen LogP contribution in [0, 0.1) is 5.92 Å². The Kier molecular flexibility index (Phi) is 11.6. The van der Waals surface area contributed by atoms with Crippen LogP contribution in [-0.2, 0) is 28.5 Å². The van der Waals surface area contributed by atoms with Crippen molar-refractivity contribution in [2.45, 2.75) is 68.6 Å². The second-order valence-corrected chi connectivity index (χ2v) is 12.4. The smallest absolute Gasteiger partial charge is 0.419 e. The number of fused-ring (bicyclic) bond motifs is 1. The molecule has 2 heterocycles. The van der Waals surface area contributed by atoms with Crippen LogP contribution in [0.1, 0.15) is 64.2 Å². The van der Waals surface area contributed by atoms with Crippen LogP contribution >= 0.6 is 15.9 Å². The summed E-state index contributed by atoms with van der Waals surface area (Å²) in [5.41, 5.74) is 0.627. The topological polar surface area (TPSA) is 135 Å². The first kappa shape index (κ1) is 34.8. The highest BCUT2D eigenvalue weighted by atomic mass is 79.9. The van der Waals surface area contributed by atoms with Gasteiger partial charge in [0.1, 0.15) is 18.8 Å². The van der Waals surface area contributed by atoms with Crippen molar-refractivity contribution in [2.75, 3.05) is 6.61 Å². The zero-order valence-electron chi connectivity index (χ0n) is 26.4. The Balaban J connectivity index is 1.53. The zero-order valence-corrected chi connectivity index (χ0v) is 28.0. The number of rotatable bonds is 12. The standard InChI is InChI=1S/C36H36BrNO10/c1-3-14-22(4-2)27(37)31(39)38-28-30(47-34(42)25-19-12-7-13-20-25)29(46-33(41)24-17-10-6-11-18-24)26(45-35(28)48-36(38)43)21-44-32(40)23-15-8-5-9-16-23/h5-13,15-20,22,26-30,35H,3-4,14,21H2,1-2H3/t22-,26+,27+,28+,29+,30+,35+/m0/s1. The van der Waals surface area contributed by atoms with E-state index < -0.39 is 72.0 Å². The van der Waals surface area contributed by atoms with Crippen molar-refractivity contribution in [3.63, 3.8) is 0 Å². The maximum absolute atomic E-state index is 14.0. The fourth-order valence-electron chi connectivity index (χ4n) is 5.80. The number of imide groups is 1. The lowest BCUT2D eigenvalue weighted by molar-refractivity contribution is -0.240. The lowest BCUT2D eigenvalue weighted by Crippen LogP contribution is -2.65. The number of halogens is 1. The Bertz CT molecular complexity index is 1590. The lowest BCUT2D eigenvalue weighted by atomic mass is 9.93. The molecule has 11 nitrogen and oxygen atoms in total. The molecule has 3 aromatic carbocycles. The molecule has 0 aliphatic carbocycles. The molecule has 12 heteroatoms. The molecule has 2 amide bonds. The van der Waals surface area contributed by atoms with Crippen LogP contribution in [0.3, 0.4) is 0 Å². The molecule has 2 saturated heterocycles. The zero-order chi connectivity index (χ0) is 34.2. The summed E-state index contributed by atoms with van der Waals surface area (Å²) < 4.78 is 29.2. The Morgan fingerprint density at radius 1 is 0.771 bits per heavy atom. The number of ether oxygens (including phenoxy) is 5. The monoisotopic (exact) mass is 721 g/mol. The highest BCUT2D eigenvalue weighted by molar-refractivity contribution is 9.10. The molecule has 0 spiro atoms. The van der Waals surface area contributed by atoms with Gasteiger partial charge in [-0.05, 0) is 48.7 Å². The summed E-state index contributed by atoms with van der Waals surface area (Å²) in [6, 6.07) is 23.1. The van der Waals surface area contributed by atoms with E-state index in [-0.39, 0.29) is 22.6 Å². The van der Waals surface area contributed by atoms with E-state index in [1.807, 2.05) is 13.8 Å². The maximum Gasteiger partial charge on any atom is 0.419 e. The predicted octanol–water partition coefficient (Wildman–Crippen LogP) is 5.96. The van der Waals surface area contributed by atoms with Gasteiger partial charge in [0.25, 0.3) is 0 Å². The minimum Gasteiger partial charge on any atom is -0.459 e. The third-order valence-electron chi connectivity index (χ3n) is 8.29. The van der Waals surface area contributed by atoms with Crippen molar-refractivity contribution >= 4 is 45.8 Å². The Hall–Kier alpha value is -4.55. The number of amides is 2. The average molecular weight is 723 g/mol. The summed E-state index contributed by atoms with van der Waals surface area (Å²) in [5, 5.41) is 0. The molecule has 2 aliphatic rings. The van der Waals surface area contributed by atoms with Crippen molar-refractivity contribution in [2.24, 2.45) is 5.92 Å². The molecule has 0 N–H and O–H groups in total. The van der Waals surface area contributed by atoms with E-state index in [0.29, 0.717) is 12.8 Å². The van der Waals surface area contributed by atoms with Gasteiger partial charge in [0.05, 0.1) is 21.5 Å². The van der Waals surface area contributed by atoms with Crippen molar-refractivity contribution in [3.8, 4) is 0 Å². The summed E-state index contributed by atoms with van der Waals surface area (Å²) in [7, 11) is 0. The van der Waals surface area contributed by atoms with Gasteiger partial charge < -0.3 is 23.7 Å². The minimum absolute atomic E-state index is 0.110. The average Bonchev–Trinajstić information content (AvgIpc) is 3.46. The molecule has 0 aromatic heterocycles. The quantitative estimate of drug-likeness (QED) is 0.125. The van der Waals surface area contributed by atoms with Crippen LogP contribution in [0.15, 0.2) is 91.0 Å². The third-order valence-corrected chi connectivity index (χ3v) is 9.43. The number of alkyl halides is 1. The fraction of sp³-hybridized carbons (Fsp3) is 0.361. The van der Waals surface area contributed by atoms with Gasteiger partial charge in [-0.2, -0.15) is 0 Å². The predicted molar refractivity (Wildman–Crippen MR) is 175 cm³/mol. The van der Waals surface area contributed by atoms with Gasteiger partial charge >= 0.3 is 24.0 Å². The maximum atomic E-state index is 14.0. The summed E-state index contributed by atoms with van der Waals surface area (Å²) in [6.45, 7) is 3.48. The molecular formula is C36H36BrNO10. The van der Waals surface area contributed by atoms with E-state index in [0.717, 1.165) is 11.3 Å². The second-order valence-electron chi connectivity index (χ2n) is 11.4. The van der Waals surface area contributed by atoms with Crippen molar-refractivity contribution in [3.05, 3.63) is 108 Å². The number of carbonyl (C=O) groups is 5. The normalized spacial score (nSPS) is 22.9. The van der Waals surface area contributed by atoms with Gasteiger partial charge in [-0.25, -0.2) is 24.1 Å². The molecule has 0 radical (unpaired) electrons. The SMILES string of the molecule is CCC[C@H](CC)[C@@H](Br)C(=O)N1C(=O)O[C@H]2O[C@H](COC(=O)c3ccccc3)[C@@H](OC(=O)c3ccccc3)[C@H](OC(=O)c3ccccc3)[C@H]21. The molecule has 48 heavy (non-hydrogen) atoms. The van der Waals surface area contributed by atoms with Crippen molar-refractivity contribution < 1.29 is 47.7 Å². The van der Waals surface area contributed by atoms with E-state index >= 15 is 0 Å². The van der Waals surface area contributed by atoms with E-state index in [4.69, 9.17) is 23.7 Å². The van der Waals surface area contributed by atoms with Gasteiger partial charge in [-0.1, -0.05) is 97.2 Å². The molecule has 7 atom stereocenters. The van der Waals surface area contributed by atoms with Crippen LogP contribution in [0.5, 0.6) is 0 Å². The van der Waals surface area contributed by atoms with Crippen LogP contribution in [-0.4, -0.2) is 76.9 Å². The number of carbonyl (C=O) groups excluding carboxylic acids is 5. The number of hydrogen-bond acceptors (Lipinski definition) is 10. The first-order chi connectivity index (χ1) is 23.2. The Morgan fingerprint density at radius 3 is 1.77 bits per heavy atom. The highest BCUT2D eigenvalue weighted by Gasteiger charge is 2.61. The van der Waals surface area contributed by atoms with E-state index in [2.05, 4.69) is 15.9 Å². The highest BCUT2D eigenvalue weighted by Crippen LogP contribution is 2.38. The Morgan fingerprint density at radius 2 is 1.27 bits per heavy atom. The van der Waals surface area contributed by atoms with Crippen LogP contribution < -0.4 is 0 Å². The van der Waals surface area contributed by atoms with E-state index in [1.54, 1.807) is 66.7 Å². The van der Waals surface area contributed by atoms with Gasteiger partial charge in [0, 0.05) is 0 Å².